The number of hydrogen-bond donors (Lipinski definition) is 1. The number of ether oxygens (including phenoxy) is 1. The van der Waals surface area contributed by atoms with Crippen molar-refractivity contribution in [2.75, 3.05) is 19.7 Å². The Bertz CT molecular complexity index is 1150. The van der Waals surface area contributed by atoms with E-state index in [1.54, 1.807) is 53.9 Å². The van der Waals surface area contributed by atoms with Gasteiger partial charge in [-0.05, 0) is 43.5 Å². The van der Waals surface area contributed by atoms with E-state index in [2.05, 4.69) is 21.0 Å². The minimum absolute atomic E-state index is 0.197. The number of hydrogen-bond acceptors (Lipinski definition) is 6. The van der Waals surface area contributed by atoms with E-state index < -0.39 is 0 Å². The lowest BCUT2D eigenvalue weighted by molar-refractivity contribution is -0.0926. The second-order valence-corrected chi connectivity index (χ2v) is 8.94. The predicted octanol–water partition coefficient (Wildman–Crippen LogP) is 2.91. The molecule has 1 saturated heterocycles. The van der Waals surface area contributed by atoms with E-state index in [0.717, 1.165) is 22.7 Å². The summed E-state index contributed by atoms with van der Waals surface area (Å²) < 4.78 is 6.32. The van der Waals surface area contributed by atoms with Gasteiger partial charge in [-0.1, -0.05) is 0 Å². The van der Waals surface area contributed by atoms with Crippen molar-refractivity contribution in [1.82, 2.24) is 19.9 Å². The molecule has 1 fully saturated rings. The summed E-state index contributed by atoms with van der Waals surface area (Å²) in [5.74, 6) is -0.215. The topological polar surface area (TPSA) is 88.2 Å². The number of likely N-dealkylation sites (tertiary alicyclic amines) is 1. The minimum Gasteiger partial charge on any atom is -0.370 e. The van der Waals surface area contributed by atoms with Gasteiger partial charge in [0.1, 0.15) is 5.56 Å². The highest BCUT2D eigenvalue weighted by atomic mass is 32.1. The van der Waals surface area contributed by atoms with E-state index in [1.165, 1.54) is 10.4 Å². The zero-order chi connectivity index (χ0) is 20.7. The molecule has 0 radical (unpaired) electrons. The maximum Gasteiger partial charge on any atom is 0.260 e. The summed E-state index contributed by atoms with van der Waals surface area (Å²) in [4.78, 5) is 40.6. The molecule has 3 aromatic heterocycles. The fourth-order valence-electron chi connectivity index (χ4n) is 4.37. The Morgan fingerprint density at radius 1 is 1.27 bits per heavy atom. The van der Waals surface area contributed by atoms with Crippen LogP contribution >= 0.6 is 11.3 Å². The molecule has 0 aliphatic carbocycles. The predicted molar refractivity (Wildman–Crippen MR) is 114 cm³/mol. The molecule has 8 heteroatoms. The van der Waals surface area contributed by atoms with Crippen molar-refractivity contribution in [3.05, 3.63) is 68.8 Å². The van der Waals surface area contributed by atoms with Crippen LogP contribution < -0.4 is 5.56 Å². The van der Waals surface area contributed by atoms with Crippen LogP contribution in [0, 0.1) is 6.92 Å². The average Bonchev–Trinajstić information content (AvgIpc) is 3.21. The molecule has 3 aromatic rings. The first-order valence-electron chi connectivity index (χ1n) is 10.1. The van der Waals surface area contributed by atoms with E-state index in [1.807, 2.05) is 0 Å². The molecule has 7 nitrogen and oxygen atoms in total. The molecule has 0 aromatic carbocycles. The van der Waals surface area contributed by atoms with E-state index in [0.29, 0.717) is 32.5 Å². The Morgan fingerprint density at radius 3 is 2.83 bits per heavy atom. The number of amides is 1. The molecule has 0 atom stereocenters. The van der Waals surface area contributed by atoms with E-state index >= 15 is 0 Å². The van der Waals surface area contributed by atoms with Crippen LogP contribution in [0.3, 0.4) is 0 Å². The molecule has 1 N–H and O–H groups in total. The van der Waals surface area contributed by atoms with Gasteiger partial charge in [0.15, 0.2) is 0 Å². The summed E-state index contributed by atoms with van der Waals surface area (Å²) in [5.41, 5.74) is 2.33. The maximum atomic E-state index is 12.9. The van der Waals surface area contributed by atoms with Crippen molar-refractivity contribution in [3.8, 4) is 10.6 Å². The quantitative estimate of drug-likeness (QED) is 0.686. The molecule has 154 valence electrons. The fourth-order valence-corrected chi connectivity index (χ4v) is 5.56. The number of nitrogens with one attached hydrogen (secondary N) is 1. The molecule has 0 bridgehead atoms. The standard InChI is InChI=1S/C22H22N4O3S/c1-14-2-3-15(20(27)25-14)21(28)26-9-5-22(6-10-26)16-12-19(17-13-23-7-8-24-17)30-18(16)4-11-29-22/h2-3,7-8,12-13H,4-6,9-11H2,1H3,(H,25,27). The van der Waals surface area contributed by atoms with Gasteiger partial charge in [-0.25, -0.2) is 0 Å². The summed E-state index contributed by atoms with van der Waals surface area (Å²) in [6.45, 7) is 3.59. The lowest BCUT2D eigenvalue weighted by atomic mass is 9.82. The molecule has 1 amide bonds. The Kier molecular flexibility index (Phi) is 4.75. The largest absolute Gasteiger partial charge is 0.370 e. The molecule has 5 rings (SSSR count). The van der Waals surface area contributed by atoms with E-state index in [9.17, 15) is 9.59 Å². The number of aromatic nitrogens is 3. The smallest absolute Gasteiger partial charge is 0.260 e. The van der Waals surface area contributed by atoms with Crippen LogP contribution in [0.4, 0.5) is 0 Å². The van der Waals surface area contributed by atoms with Gasteiger partial charge in [-0.3, -0.25) is 19.6 Å². The van der Waals surface area contributed by atoms with Crippen molar-refractivity contribution in [3.63, 3.8) is 0 Å². The summed E-state index contributed by atoms with van der Waals surface area (Å²) in [5, 5.41) is 0. The number of nitrogens with zero attached hydrogens (tertiary/aromatic N) is 3. The Balaban J connectivity index is 1.38. The van der Waals surface area contributed by atoms with Gasteiger partial charge in [-0.2, -0.15) is 0 Å². The van der Waals surface area contributed by atoms with Gasteiger partial charge in [0, 0.05) is 42.5 Å². The third kappa shape index (κ3) is 3.26. The first kappa shape index (κ1) is 19.1. The first-order chi connectivity index (χ1) is 14.6. The molecule has 0 saturated carbocycles. The molecular weight excluding hydrogens is 400 g/mol. The van der Waals surface area contributed by atoms with Gasteiger partial charge in [0.25, 0.3) is 11.5 Å². The Hall–Kier alpha value is -2.84. The lowest BCUT2D eigenvalue weighted by Crippen LogP contribution is -2.48. The summed E-state index contributed by atoms with van der Waals surface area (Å²) >= 11 is 1.75. The highest BCUT2D eigenvalue weighted by Crippen LogP contribution is 2.46. The lowest BCUT2D eigenvalue weighted by Gasteiger charge is -2.44. The van der Waals surface area contributed by atoms with E-state index in [4.69, 9.17) is 4.74 Å². The monoisotopic (exact) mass is 422 g/mol. The molecule has 0 unspecified atom stereocenters. The number of thiophene rings is 1. The Labute approximate surface area is 177 Å². The van der Waals surface area contributed by atoms with Crippen LogP contribution in [0.15, 0.2) is 41.6 Å². The number of fused-ring (bicyclic) bond motifs is 2. The number of aryl methyl sites for hydroxylation is 1. The SMILES string of the molecule is Cc1ccc(C(=O)N2CCC3(CC2)OCCc2sc(-c4cnccn4)cc23)c(=O)[nH]1. The van der Waals surface area contributed by atoms with Crippen molar-refractivity contribution in [2.24, 2.45) is 0 Å². The van der Waals surface area contributed by atoms with Crippen LogP contribution in [-0.2, 0) is 16.8 Å². The number of carbonyl (C=O) groups excluding carboxylic acids is 1. The third-order valence-electron chi connectivity index (χ3n) is 5.97. The van der Waals surface area contributed by atoms with Crippen LogP contribution in [0.25, 0.3) is 10.6 Å². The van der Waals surface area contributed by atoms with Gasteiger partial charge in [-0.15, -0.1) is 11.3 Å². The fraction of sp³-hybridized carbons (Fsp3) is 0.364. The third-order valence-corrected chi connectivity index (χ3v) is 7.18. The number of carbonyl (C=O) groups is 1. The van der Waals surface area contributed by atoms with Gasteiger partial charge < -0.3 is 14.6 Å². The minimum atomic E-state index is -0.374. The molecule has 1 spiro atoms. The number of aromatic amines is 1. The molecule has 2 aliphatic heterocycles. The van der Waals surface area contributed by atoms with Crippen molar-refractivity contribution in [2.45, 2.75) is 31.8 Å². The summed E-state index contributed by atoms with van der Waals surface area (Å²) in [6.07, 6.45) is 7.48. The van der Waals surface area contributed by atoms with Crippen LogP contribution in [0.2, 0.25) is 0 Å². The number of piperidine rings is 1. The number of pyridine rings is 1. The molecule has 30 heavy (non-hydrogen) atoms. The van der Waals surface area contributed by atoms with Gasteiger partial charge in [0.2, 0.25) is 0 Å². The second kappa shape index (κ2) is 7.45. The zero-order valence-electron chi connectivity index (χ0n) is 16.7. The van der Waals surface area contributed by atoms with Gasteiger partial charge >= 0.3 is 0 Å². The second-order valence-electron chi connectivity index (χ2n) is 7.81. The normalized spacial score (nSPS) is 17.7. The van der Waals surface area contributed by atoms with Crippen molar-refractivity contribution < 1.29 is 9.53 Å². The zero-order valence-corrected chi connectivity index (χ0v) is 17.5. The Morgan fingerprint density at radius 2 is 2.10 bits per heavy atom. The van der Waals surface area contributed by atoms with Crippen LogP contribution in [0.5, 0.6) is 0 Å². The molecule has 5 heterocycles. The van der Waals surface area contributed by atoms with E-state index in [-0.39, 0.29) is 22.6 Å². The van der Waals surface area contributed by atoms with Crippen molar-refractivity contribution in [1.29, 1.82) is 0 Å². The molecular formula is C22H22N4O3S. The van der Waals surface area contributed by atoms with Crippen LogP contribution in [-0.4, -0.2) is 45.5 Å². The maximum absolute atomic E-state index is 12.9. The number of H-pyrrole nitrogens is 1. The van der Waals surface area contributed by atoms with Gasteiger partial charge in [0.05, 0.1) is 29.0 Å². The highest BCUT2D eigenvalue weighted by molar-refractivity contribution is 7.15. The molecule has 2 aliphatic rings. The summed E-state index contributed by atoms with van der Waals surface area (Å²) in [6, 6.07) is 5.56. The first-order valence-corrected chi connectivity index (χ1v) is 10.9. The average molecular weight is 423 g/mol. The number of rotatable bonds is 2. The summed E-state index contributed by atoms with van der Waals surface area (Å²) in [7, 11) is 0. The van der Waals surface area contributed by atoms with Crippen LogP contribution in [0.1, 0.15) is 39.3 Å². The highest BCUT2D eigenvalue weighted by Gasteiger charge is 2.43. The van der Waals surface area contributed by atoms with Crippen molar-refractivity contribution >= 4 is 17.2 Å².